The number of ketones is 1. The van der Waals surface area contributed by atoms with Crippen LogP contribution in [0.2, 0.25) is 0 Å². The molecular formula is C15H13BrN2O2. The smallest absolute Gasteiger partial charge is 0.263 e. The highest BCUT2D eigenvalue weighted by Crippen LogP contribution is 2.27. The van der Waals surface area contributed by atoms with Crippen LogP contribution in [0.4, 0.5) is 0 Å². The van der Waals surface area contributed by atoms with Crippen molar-refractivity contribution in [3.63, 3.8) is 0 Å². The molecule has 20 heavy (non-hydrogen) atoms. The minimum atomic E-state index is -0.188. The second kappa shape index (κ2) is 5.25. The van der Waals surface area contributed by atoms with Crippen molar-refractivity contribution >= 4 is 32.7 Å². The quantitative estimate of drug-likeness (QED) is 0.677. The number of rotatable bonds is 4. The molecule has 0 bridgehead atoms. The number of imidazole rings is 1. The van der Waals surface area contributed by atoms with Crippen LogP contribution in [0.5, 0.6) is 0 Å². The Kier molecular flexibility index (Phi) is 3.44. The van der Waals surface area contributed by atoms with Gasteiger partial charge in [0.1, 0.15) is 5.58 Å². The predicted octanol–water partition coefficient (Wildman–Crippen LogP) is 4.03. The van der Waals surface area contributed by atoms with E-state index in [4.69, 9.17) is 4.42 Å². The highest BCUT2D eigenvalue weighted by Gasteiger charge is 2.19. The van der Waals surface area contributed by atoms with Crippen molar-refractivity contribution in [2.45, 2.75) is 19.9 Å². The third-order valence-electron chi connectivity index (χ3n) is 3.10. The van der Waals surface area contributed by atoms with Crippen molar-refractivity contribution in [3.8, 4) is 0 Å². The Labute approximate surface area is 124 Å². The van der Waals surface area contributed by atoms with Crippen LogP contribution in [-0.2, 0) is 6.54 Å². The summed E-state index contributed by atoms with van der Waals surface area (Å²) in [5.41, 5.74) is 0.685. The summed E-state index contributed by atoms with van der Waals surface area (Å²) in [4.78, 5) is 16.6. The van der Waals surface area contributed by atoms with E-state index in [9.17, 15) is 4.79 Å². The molecule has 0 atom stereocenters. The van der Waals surface area contributed by atoms with Gasteiger partial charge in [-0.1, -0.05) is 19.1 Å². The van der Waals surface area contributed by atoms with Gasteiger partial charge < -0.3 is 8.98 Å². The number of hydrogen-bond acceptors (Lipinski definition) is 3. The zero-order chi connectivity index (χ0) is 14.1. The SMILES string of the molecule is CCCn1ccnc1C(=O)c1cc2cccc(Br)c2o1. The zero-order valence-electron chi connectivity index (χ0n) is 11.0. The number of fused-ring (bicyclic) bond motifs is 1. The molecule has 0 N–H and O–H groups in total. The summed E-state index contributed by atoms with van der Waals surface area (Å²) in [7, 11) is 0. The molecule has 0 spiro atoms. The van der Waals surface area contributed by atoms with Crippen LogP contribution in [0.25, 0.3) is 11.0 Å². The third-order valence-corrected chi connectivity index (χ3v) is 3.73. The molecule has 5 heteroatoms. The van der Waals surface area contributed by atoms with E-state index in [1.165, 1.54) is 0 Å². The summed E-state index contributed by atoms with van der Waals surface area (Å²) in [6.45, 7) is 2.83. The van der Waals surface area contributed by atoms with Gasteiger partial charge in [0.2, 0.25) is 0 Å². The van der Waals surface area contributed by atoms with Crippen LogP contribution in [0.15, 0.2) is 45.5 Å². The first kappa shape index (κ1) is 13.1. The highest BCUT2D eigenvalue weighted by atomic mass is 79.9. The monoisotopic (exact) mass is 332 g/mol. The van der Waals surface area contributed by atoms with Crippen LogP contribution < -0.4 is 0 Å². The Bertz CT molecular complexity index is 773. The molecule has 0 saturated carbocycles. The van der Waals surface area contributed by atoms with Crippen LogP contribution in [0.1, 0.15) is 29.7 Å². The molecule has 0 aliphatic rings. The molecule has 3 rings (SSSR count). The van der Waals surface area contributed by atoms with Gasteiger partial charge in [0.15, 0.2) is 11.6 Å². The van der Waals surface area contributed by atoms with Gasteiger partial charge in [0, 0.05) is 24.3 Å². The number of furan rings is 1. The van der Waals surface area contributed by atoms with Crippen molar-refractivity contribution in [3.05, 3.63) is 52.7 Å². The molecule has 0 fully saturated rings. The van der Waals surface area contributed by atoms with Gasteiger partial charge in [-0.2, -0.15) is 0 Å². The van der Waals surface area contributed by atoms with Gasteiger partial charge in [0.05, 0.1) is 4.47 Å². The maximum Gasteiger partial charge on any atom is 0.263 e. The van der Waals surface area contributed by atoms with Crippen LogP contribution in [0, 0.1) is 0 Å². The summed E-state index contributed by atoms with van der Waals surface area (Å²) >= 11 is 3.42. The molecule has 0 aliphatic carbocycles. The summed E-state index contributed by atoms with van der Waals surface area (Å²) in [6, 6.07) is 7.47. The van der Waals surface area contributed by atoms with E-state index in [-0.39, 0.29) is 5.78 Å². The molecule has 0 aliphatic heterocycles. The first-order valence-corrected chi connectivity index (χ1v) is 7.24. The van der Waals surface area contributed by atoms with E-state index in [0.29, 0.717) is 17.2 Å². The Morgan fingerprint density at radius 3 is 3.05 bits per heavy atom. The normalized spacial score (nSPS) is 11.1. The van der Waals surface area contributed by atoms with Gasteiger partial charge in [-0.05, 0) is 34.5 Å². The molecule has 3 aromatic rings. The molecule has 0 unspecified atom stereocenters. The third kappa shape index (κ3) is 2.18. The van der Waals surface area contributed by atoms with Crippen molar-refractivity contribution in [1.29, 1.82) is 0 Å². The van der Waals surface area contributed by atoms with Gasteiger partial charge in [-0.25, -0.2) is 4.98 Å². The predicted molar refractivity (Wildman–Crippen MR) is 79.9 cm³/mol. The number of carbonyl (C=O) groups is 1. The first-order valence-electron chi connectivity index (χ1n) is 6.44. The average molecular weight is 333 g/mol. The van der Waals surface area contributed by atoms with Gasteiger partial charge >= 0.3 is 0 Å². The van der Waals surface area contributed by atoms with Gasteiger partial charge in [-0.3, -0.25) is 4.79 Å². The van der Waals surface area contributed by atoms with E-state index in [0.717, 1.165) is 22.8 Å². The molecule has 2 heterocycles. The van der Waals surface area contributed by atoms with E-state index in [1.54, 1.807) is 12.3 Å². The van der Waals surface area contributed by atoms with Gasteiger partial charge in [-0.15, -0.1) is 0 Å². The second-order valence-corrected chi connectivity index (χ2v) is 5.40. The summed E-state index contributed by atoms with van der Waals surface area (Å²) in [5.74, 6) is 0.545. The minimum absolute atomic E-state index is 0.188. The zero-order valence-corrected chi connectivity index (χ0v) is 12.6. The lowest BCUT2D eigenvalue weighted by Gasteiger charge is -2.03. The maximum atomic E-state index is 12.5. The number of aromatic nitrogens is 2. The Morgan fingerprint density at radius 1 is 1.45 bits per heavy atom. The number of halogens is 1. The first-order chi connectivity index (χ1) is 9.70. The molecule has 0 radical (unpaired) electrons. The molecule has 4 nitrogen and oxygen atoms in total. The molecule has 0 amide bonds. The molecule has 1 aromatic carbocycles. The standard InChI is InChI=1S/C15H13BrN2O2/c1-2-7-18-8-6-17-15(18)13(19)12-9-10-4-3-5-11(16)14(10)20-12/h3-6,8-9H,2,7H2,1H3. The number of hydrogen-bond donors (Lipinski definition) is 0. The minimum Gasteiger partial charge on any atom is -0.451 e. The highest BCUT2D eigenvalue weighted by molar-refractivity contribution is 9.10. The fraction of sp³-hybridized carbons (Fsp3) is 0.200. The van der Waals surface area contributed by atoms with Crippen molar-refractivity contribution in [2.24, 2.45) is 0 Å². The average Bonchev–Trinajstić information content (AvgIpc) is 3.05. The molecule has 2 aromatic heterocycles. The van der Waals surface area contributed by atoms with Crippen molar-refractivity contribution in [1.82, 2.24) is 9.55 Å². The van der Waals surface area contributed by atoms with E-state index < -0.39 is 0 Å². The fourth-order valence-electron chi connectivity index (χ4n) is 2.19. The summed E-state index contributed by atoms with van der Waals surface area (Å²) < 4.78 is 8.36. The maximum absolute atomic E-state index is 12.5. The van der Waals surface area contributed by atoms with Crippen LogP contribution in [-0.4, -0.2) is 15.3 Å². The second-order valence-electron chi connectivity index (χ2n) is 4.54. The summed E-state index contributed by atoms with van der Waals surface area (Å²) in [5, 5.41) is 0.899. The lowest BCUT2D eigenvalue weighted by Crippen LogP contribution is -2.10. The summed E-state index contributed by atoms with van der Waals surface area (Å²) in [6.07, 6.45) is 4.40. The fourth-order valence-corrected chi connectivity index (χ4v) is 2.65. The Morgan fingerprint density at radius 2 is 2.30 bits per heavy atom. The lowest BCUT2D eigenvalue weighted by atomic mass is 10.2. The number of nitrogens with zero attached hydrogens (tertiary/aromatic N) is 2. The van der Waals surface area contributed by atoms with Crippen LogP contribution in [0.3, 0.4) is 0 Å². The number of para-hydroxylation sites is 1. The number of aryl methyl sites for hydroxylation is 1. The van der Waals surface area contributed by atoms with E-state index in [2.05, 4.69) is 27.8 Å². The van der Waals surface area contributed by atoms with E-state index >= 15 is 0 Å². The molecular weight excluding hydrogens is 320 g/mol. The number of benzene rings is 1. The number of carbonyl (C=O) groups excluding carboxylic acids is 1. The Hall–Kier alpha value is -1.88. The van der Waals surface area contributed by atoms with Crippen LogP contribution >= 0.6 is 15.9 Å². The molecule has 0 saturated heterocycles. The van der Waals surface area contributed by atoms with Crippen molar-refractivity contribution < 1.29 is 9.21 Å². The van der Waals surface area contributed by atoms with Crippen molar-refractivity contribution in [2.75, 3.05) is 0 Å². The van der Waals surface area contributed by atoms with E-state index in [1.807, 2.05) is 29.0 Å². The topological polar surface area (TPSA) is 48.0 Å². The largest absolute Gasteiger partial charge is 0.451 e. The van der Waals surface area contributed by atoms with Gasteiger partial charge in [0.25, 0.3) is 5.78 Å². The lowest BCUT2D eigenvalue weighted by molar-refractivity contribution is 0.0997. The molecule has 102 valence electrons. The Balaban J connectivity index is 2.04.